The van der Waals surface area contributed by atoms with E-state index in [1.807, 2.05) is 6.92 Å². The molecule has 0 aliphatic rings. The molecule has 0 aliphatic heterocycles. The Morgan fingerprint density at radius 3 is 2.31 bits per heavy atom. The van der Waals surface area contributed by atoms with Crippen LogP contribution in [0.25, 0.3) is 0 Å². The van der Waals surface area contributed by atoms with Gasteiger partial charge in [0, 0.05) is 6.61 Å². The molecular formula is C11H16CaO4. The van der Waals surface area contributed by atoms with E-state index in [-0.39, 0.29) is 47.2 Å². The summed E-state index contributed by atoms with van der Waals surface area (Å²) in [5, 5.41) is 0. The molecule has 1 aromatic carbocycles. The number of rotatable bonds is 5. The van der Waals surface area contributed by atoms with E-state index in [2.05, 4.69) is 0 Å². The maximum Gasteiger partial charge on any atom is 2.00 e. The summed E-state index contributed by atoms with van der Waals surface area (Å²) >= 11 is 0. The molecule has 0 bridgehead atoms. The fourth-order valence-corrected chi connectivity index (χ4v) is 0.990. The Morgan fingerprint density at radius 2 is 1.81 bits per heavy atom. The minimum absolute atomic E-state index is 0. The van der Waals surface area contributed by atoms with Gasteiger partial charge in [0.1, 0.15) is 18.1 Å². The van der Waals surface area contributed by atoms with Crippen LogP contribution in [0.1, 0.15) is 9.78 Å². The standard InChI is InChI=1S/C11H14O4.Ca.2H/c1-3-14-8-11(12)15-10-6-4-9(13-2)5-7-10;;;/h4-7H,3,8H2,1-2H3;;;/q;+2;2*-1. The van der Waals surface area contributed by atoms with Crippen LogP contribution in [-0.4, -0.2) is 64.0 Å². The average Bonchev–Trinajstić information content (AvgIpc) is 2.27. The normalized spacial score (nSPS) is 9.12. The van der Waals surface area contributed by atoms with Crippen molar-refractivity contribution in [2.24, 2.45) is 0 Å². The van der Waals surface area contributed by atoms with Gasteiger partial charge in [0.25, 0.3) is 0 Å². The van der Waals surface area contributed by atoms with Crippen molar-refractivity contribution in [2.45, 2.75) is 6.92 Å². The summed E-state index contributed by atoms with van der Waals surface area (Å²) in [6.07, 6.45) is 0. The molecule has 0 atom stereocenters. The van der Waals surface area contributed by atoms with E-state index in [9.17, 15) is 4.79 Å². The fraction of sp³-hybridized carbons (Fsp3) is 0.364. The summed E-state index contributed by atoms with van der Waals surface area (Å²) in [5.74, 6) is 0.808. The molecule has 0 spiro atoms. The van der Waals surface area contributed by atoms with Crippen molar-refractivity contribution in [2.75, 3.05) is 20.3 Å². The van der Waals surface area contributed by atoms with Gasteiger partial charge in [-0.2, -0.15) is 0 Å². The van der Waals surface area contributed by atoms with Crippen molar-refractivity contribution in [3.63, 3.8) is 0 Å². The first-order valence-corrected chi connectivity index (χ1v) is 4.68. The Hall–Kier alpha value is -0.290. The van der Waals surface area contributed by atoms with Gasteiger partial charge in [-0.15, -0.1) is 0 Å². The van der Waals surface area contributed by atoms with Gasteiger partial charge in [0.2, 0.25) is 0 Å². The van der Waals surface area contributed by atoms with Crippen LogP contribution in [0, 0.1) is 0 Å². The zero-order valence-electron chi connectivity index (χ0n) is 11.6. The molecule has 0 N–H and O–H groups in total. The average molecular weight is 252 g/mol. The molecule has 5 heteroatoms. The predicted octanol–water partition coefficient (Wildman–Crippen LogP) is 1.48. The van der Waals surface area contributed by atoms with E-state index >= 15 is 0 Å². The van der Waals surface area contributed by atoms with Gasteiger partial charge in [-0.3, -0.25) is 0 Å². The quantitative estimate of drug-likeness (QED) is 0.452. The largest absolute Gasteiger partial charge is 2.00 e. The number of benzene rings is 1. The van der Waals surface area contributed by atoms with E-state index in [4.69, 9.17) is 14.2 Å². The number of esters is 1. The number of carbonyl (C=O) groups excluding carboxylic acids is 1. The van der Waals surface area contributed by atoms with Crippen LogP contribution in [0.3, 0.4) is 0 Å². The van der Waals surface area contributed by atoms with Crippen LogP contribution in [0.4, 0.5) is 0 Å². The first-order chi connectivity index (χ1) is 7.26. The predicted molar refractivity (Wildman–Crippen MR) is 63.1 cm³/mol. The minimum Gasteiger partial charge on any atom is -1.00 e. The Balaban J connectivity index is -0.000000750. The Kier molecular flexibility index (Phi) is 8.66. The maximum absolute atomic E-state index is 11.1. The molecule has 0 fully saturated rings. The summed E-state index contributed by atoms with van der Waals surface area (Å²) in [4.78, 5) is 11.1. The van der Waals surface area contributed by atoms with Crippen molar-refractivity contribution in [1.29, 1.82) is 0 Å². The third-order valence-electron chi connectivity index (χ3n) is 1.72. The van der Waals surface area contributed by atoms with Crippen LogP contribution in [0.5, 0.6) is 11.5 Å². The van der Waals surface area contributed by atoms with Gasteiger partial charge in [0.15, 0.2) is 0 Å². The minimum atomic E-state index is -0.401. The van der Waals surface area contributed by atoms with Crippen molar-refractivity contribution in [3.05, 3.63) is 24.3 Å². The molecular weight excluding hydrogens is 236 g/mol. The number of hydrogen-bond donors (Lipinski definition) is 0. The van der Waals surface area contributed by atoms with Crippen molar-refractivity contribution >= 4 is 43.7 Å². The zero-order chi connectivity index (χ0) is 11.1. The number of methoxy groups -OCH3 is 1. The molecule has 0 amide bonds. The number of carbonyl (C=O) groups is 1. The molecule has 1 aromatic rings. The third-order valence-corrected chi connectivity index (χ3v) is 1.72. The van der Waals surface area contributed by atoms with E-state index in [0.29, 0.717) is 12.4 Å². The molecule has 86 valence electrons. The maximum atomic E-state index is 11.1. The smallest absolute Gasteiger partial charge is 1.00 e. The Bertz CT molecular complexity index is 319. The zero-order valence-corrected chi connectivity index (χ0v) is 11.8. The van der Waals surface area contributed by atoms with Gasteiger partial charge in [-0.25, -0.2) is 4.79 Å². The molecule has 0 aliphatic carbocycles. The van der Waals surface area contributed by atoms with Crippen LogP contribution >= 0.6 is 0 Å². The summed E-state index contributed by atoms with van der Waals surface area (Å²) < 4.78 is 14.9. The van der Waals surface area contributed by atoms with Crippen molar-refractivity contribution in [3.8, 4) is 11.5 Å². The van der Waals surface area contributed by atoms with E-state index < -0.39 is 5.97 Å². The molecule has 16 heavy (non-hydrogen) atoms. The van der Waals surface area contributed by atoms with Gasteiger partial charge in [-0.05, 0) is 31.2 Å². The van der Waals surface area contributed by atoms with E-state index in [1.165, 1.54) is 0 Å². The van der Waals surface area contributed by atoms with E-state index in [1.54, 1.807) is 31.4 Å². The number of hydrogen-bond acceptors (Lipinski definition) is 4. The third kappa shape index (κ3) is 5.70. The Morgan fingerprint density at radius 1 is 1.25 bits per heavy atom. The van der Waals surface area contributed by atoms with Gasteiger partial charge in [0.05, 0.1) is 7.11 Å². The molecule has 0 saturated heterocycles. The summed E-state index contributed by atoms with van der Waals surface area (Å²) in [7, 11) is 1.58. The van der Waals surface area contributed by atoms with Gasteiger partial charge in [-0.1, -0.05) is 0 Å². The van der Waals surface area contributed by atoms with E-state index in [0.717, 1.165) is 5.75 Å². The summed E-state index contributed by atoms with van der Waals surface area (Å²) in [6.45, 7) is 2.29. The van der Waals surface area contributed by atoms with Crippen LogP contribution in [0.15, 0.2) is 24.3 Å². The van der Waals surface area contributed by atoms with Gasteiger partial charge < -0.3 is 17.1 Å². The summed E-state index contributed by atoms with van der Waals surface area (Å²) in [5.41, 5.74) is 0. The van der Waals surface area contributed by atoms with Crippen molar-refractivity contribution < 1.29 is 21.9 Å². The number of ether oxygens (including phenoxy) is 3. The molecule has 0 radical (unpaired) electrons. The molecule has 0 aromatic heterocycles. The van der Waals surface area contributed by atoms with Crippen LogP contribution in [-0.2, 0) is 9.53 Å². The topological polar surface area (TPSA) is 44.8 Å². The molecule has 4 nitrogen and oxygen atoms in total. The second-order valence-corrected chi connectivity index (χ2v) is 2.79. The second kappa shape index (κ2) is 8.82. The Labute approximate surface area is 128 Å². The second-order valence-electron chi connectivity index (χ2n) is 2.79. The SMILES string of the molecule is CCOCC(=O)Oc1ccc(OC)cc1.[Ca+2].[H-].[H-]. The van der Waals surface area contributed by atoms with Crippen LogP contribution < -0.4 is 9.47 Å². The molecule has 0 saturated carbocycles. The first-order valence-electron chi connectivity index (χ1n) is 4.68. The first kappa shape index (κ1) is 15.7. The summed E-state index contributed by atoms with van der Waals surface area (Å²) in [6, 6.07) is 6.79. The molecule has 0 heterocycles. The monoisotopic (exact) mass is 252 g/mol. The molecule has 0 unspecified atom stereocenters. The van der Waals surface area contributed by atoms with Gasteiger partial charge >= 0.3 is 43.7 Å². The van der Waals surface area contributed by atoms with Crippen LogP contribution in [0.2, 0.25) is 0 Å². The fourth-order valence-electron chi connectivity index (χ4n) is 0.990. The molecule has 1 rings (SSSR count). The van der Waals surface area contributed by atoms with Crippen molar-refractivity contribution in [1.82, 2.24) is 0 Å².